The van der Waals surface area contributed by atoms with Gasteiger partial charge in [-0.25, -0.2) is 4.39 Å². The molecule has 8 heteroatoms. The topological polar surface area (TPSA) is 61.7 Å². The van der Waals surface area contributed by atoms with Crippen molar-refractivity contribution < 1.29 is 24.5 Å². The maximum Gasteiger partial charge on any atom is 0.262 e. The Kier molecular flexibility index (Phi) is 8.13. The number of hydrogen-bond donors (Lipinski definition) is 3. The summed E-state index contributed by atoms with van der Waals surface area (Å²) in [4.78, 5) is -0.758. The Balaban J connectivity index is 2.32. The Labute approximate surface area is 179 Å². The van der Waals surface area contributed by atoms with E-state index in [2.05, 4.69) is 5.43 Å². The number of rotatable bonds is 8. The lowest BCUT2D eigenvalue weighted by molar-refractivity contribution is -1.20. The molecule has 2 aromatic rings. The summed E-state index contributed by atoms with van der Waals surface area (Å²) in [5.41, 5.74) is 4.84. The van der Waals surface area contributed by atoms with Crippen molar-refractivity contribution in [2.45, 2.75) is 27.2 Å². The van der Waals surface area contributed by atoms with Crippen LogP contribution in [0.5, 0.6) is 5.75 Å². The molecule has 29 heavy (non-hydrogen) atoms. The van der Waals surface area contributed by atoms with E-state index in [0.29, 0.717) is 16.5 Å². The first-order valence-corrected chi connectivity index (χ1v) is 10.2. The quantitative estimate of drug-likeness (QED) is 0.310. The van der Waals surface area contributed by atoms with E-state index in [4.69, 9.17) is 16.3 Å². The number of anilines is 1. The predicted molar refractivity (Wildman–Crippen MR) is 116 cm³/mol. The third-order valence-electron chi connectivity index (χ3n) is 4.22. The molecule has 3 N–H and O–H groups in total. The van der Waals surface area contributed by atoms with Gasteiger partial charge in [-0.1, -0.05) is 36.2 Å². The molecule has 5 nitrogen and oxygen atoms in total. The van der Waals surface area contributed by atoms with Crippen molar-refractivity contribution in [2.75, 3.05) is 12.5 Å². The van der Waals surface area contributed by atoms with Crippen LogP contribution >= 0.6 is 23.4 Å². The molecule has 0 aliphatic rings. The molecular formula is C21H25ClFN2O3S+. The fraction of sp³-hybridized carbons (Fsp3) is 0.238. The van der Waals surface area contributed by atoms with Crippen molar-refractivity contribution in [3.05, 3.63) is 75.5 Å². The van der Waals surface area contributed by atoms with E-state index in [9.17, 15) is 14.8 Å². The van der Waals surface area contributed by atoms with E-state index in [1.165, 1.54) is 37.1 Å². The van der Waals surface area contributed by atoms with Gasteiger partial charge in [-0.05, 0) is 74.0 Å². The number of halogens is 2. The summed E-state index contributed by atoms with van der Waals surface area (Å²) in [6.45, 7) is 5.67. The van der Waals surface area contributed by atoms with Crippen LogP contribution in [-0.4, -0.2) is 22.4 Å². The minimum atomic E-state index is -1.58. The molecule has 0 aliphatic carbocycles. The Hall–Kier alpha value is -2.03. The minimum Gasteiger partial charge on any atom is -0.495 e. The molecule has 0 aromatic heterocycles. The van der Waals surface area contributed by atoms with Gasteiger partial charge in [0.15, 0.2) is 0 Å². The van der Waals surface area contributed by atoms with Crippen LogP contribution in [0.2, 0.25) is 5.02 Å². The second-order valence-electron chi connectivity index (χ2n) is 6.26. The molecule has 0 amide bonds. The second-order valence-corrected chi connectivity index (χ2v) is 7.70. The lowest BCUT2D eigenvalue weighted by atomic mass is 10.1. The zero-order valence-corrected chi connectivity index (χ0v) is 18.3. The first-order valence-electron chi connectivity index (χ1n) is 8.98. The molecule has 0 aliphatic heterocycles. The summed E-state index contributed by atoms with van der Waals surface area (Å²) < 4.78 is 18.4. The highest BCUT2D eigenvalue weighted by Gasteiger charge is 2.33. The fourth-order valence-electron chi connectivity index (χ4n) is 2.53. The number of nitrogens with zero attached hydrogens (tertiary/aromatic N) is 1. The normalized spacial score (nSPS) is 13.2. The first-order chi connectivity index (χ1) is 13.7. The number of thioether (sulfide) groups is 1. The zero-order chi connectivity index (χ0) is 21.6. The van der Waals surface area contributed by atoms with Crippen LogP contribution < -0.4 is 10.2 Å². The number of allylic oxidation sites excluding steroid dienone is 2. The molecule has 0 radical (unpaired) electrons. The van der Waals surface area contributed by atoms with Gasteiger partial charge in [0, 0.05) is 4.91 Å². The van der Waals surface area contributed by atoms with Gasteiger partial charge >= 0.3 is 0 Å². The van der Waals surface area contributed by atoms with Crippen LogP contribution in [-0.2, 0) is 0 Å². The van der Waals surface area contributed by atoms with Gasteiger partial charge in [-0.15, -0.1) is 10.4 Å². The second kappa shape index (κ2) is 10.1. The molecule has 0 heterocycles. The molecule has 0 bridgehead atoms. The molecule has 2 rings (SSSR count). The highest BCUT2D eigenvalue weighted by atomic mass is 35.5. The minimum absolute atomic E-state index is 0.212. The number of hydrogen-bond acceptors (Lipinski definition) is 5. The summed E-state index contributed by atoms with van der Waals surface area (Å²) in [7, 11) is 1.50. The van der Waals surface area contributed by atoms with Crippen LogP contribution in [0.15, 0.2) is 59.1 Å². The van der Waals surface area contributed by atoms with E-state index in [0.717, 1.165) is 22.5 Å². The lowest BCUT2D eigenvalue weighted by Crippen LogP contribution is -2.44. The van der Waals surface area contributed by atoms with E-state index >= 15 is 0 Å². The number of ether oxygens (including phenoxy) is 1. The van der Waals surface area contributed by atoms with Gasteiger partial charge in [0.2, 0.25) is 0 Å². The molecule has 0 saturated heterocycles. The van der Waals surface area contributed by atoms with Crippen LogP contribution in [0.1, 0.15) is 32.8 Å². The maximum absolute atomic E-state index is 13.3. The molecule has 0 spiro atoms. The van der Waals surface area contributed by atoms with Crippen molar-refractivity contribution in [1.82, 2.24) is 0 Å². The third kappa shape index (κ3) is 5.98. The van der Waals surface area contributed by atoms with Crippen molar-refractivity contribution in [3.63, 3.8) is 0 Å². The molecule has 0 saturated carbocycles. The van der Waals surface area contributed by atoms with Gasteiger partial charge in [-0.2, -0.15) is 5.43 Å². The van der Waals surface area contributed by atoms with E-state index in [-0.39, 0.29) is 10.8 Å². The first kappa shape index (κ1) is 23.3. The SMILES string of the molecule is C/C=C(\SC(=C(C)CC)c1ccc(F)cc1)[N+](O)(O)Nc1ccc(OC)c(Cl)c1. The lowest BCUT2D eigenvalue weighted by Gasteiger charge is -2.24. The van der Waals surface area contributed by atoms with Gasteiger partial charge in [0.1, 0.15) is 11.6 Å². The van der Waals surface area contributed by atoms with Gasteiger partial charge in [0.05, 0.1) is 22.7 Å². The monoisotopic (exact) mass is 439 g/mol. The van der Waals surface area contributed by atoms with Crippen LogP contribution in [0.4, 0.5) is 10.1 Å². The number of hydroxylamine groups is 2. The average Bonchev–Trinajstić information content (AvgIpc) is 2.69. The maximum atomic E-state index is 13.3. The number of nitrogens with one attached hydrogen (secondary N) is 1. The molecule has 0 unspecified atom stereocenters. The van der Waals surface area contributed by atoms with Crippen LogP contribution in [0.3, 0.4) is 0 Å². The van der Waals surface area contributed by atoms with E-state index in [1.807, 2.05) is 13.8 Å². The Morgan fingerprint density at radius 3 is 2.41 bits per heavy atom. The van der Waals surface area contributed by atoms with E-state index < -0.39 is 4.92 Å². The molecule has 0 fully saturated rings. The predicted octanol–water partition coefficient (Wildman–Crippen LogP) is 6.85. The average molecular weight is 440 g/mol. The third-order valence-corrected chi connectivity index (χ3v) is 6.01. The van der Waals surface area contributed by atoms with Gasteiger partial charge in [0.25, 0.3) is 5.03 Å². The van der Waals surface area contributed by atoms with Gasteiger partial charge in [-0.3, -0.25) is 0 Å². The highest BCUT2D eigenvalue weighted by molar-refractivity contribution is 8.11. The molecular weight excluding hydrogens is 415 g/mol. The van der Waals surface area contributed by atoms with Gasteiger partial charge < -0.3 is 4.74 Å². The van der Waals surface area contributed by atoms with E-state index in [1.54, 1.807) is 37.3 Å². The summed E-state index contributed by atoms with van der Waals surface area (Å²) in [6, 6.07) is 10.9. The fourth-order valence-corrected chi connectivity index (χ4v) is 3.86. The summed E-state index contributed by atoms with van der Waals surface area (Å²) in [5.74, 6) is 0.151. The number of methoxy groups -OCH3 is 1. The standard InChI is InChI=1S/C21H25ClFN2O3S/c1-5-14(3)21(15-7-9-16(23)10-8-15)29-20(6-2)25(26,27)24-17-11-12-19(28-4)18(22)13-17/h6-13,24,26-27H,5H2,1-4H3/q+1/b20-6-,21-14?. The Morgan fingerprint density at radius 2 is 1.90 bits per heavy atom. The van der Waals surface area contributed by atoms with Crippen LogP contribution in [0, 0.1) is 5.82 Å². The summed E-state index contributed by atoms with van der Waals surface area (Å²) in [5, 5.41) is 21.9. The Morgan fingerprint density at radius 1 is 1.24 bits per heavy atom. The summed E-state index contributed by atoms with van der Waals surface area (Å²) in [6.07, 6.45) is 2.35. The van der Waals surface area contributed by atoms with Crippen molar-refractivity contribution in [2.24, 2.45) is 0 Å². The van der Waals surface area contributed by atoms with Crippen molar-refractivity contribution >= 4 is 34.0 Å². The zero-order valence-electron chi connectivity index (χ0n) is 16.7. The van der Waals surface area contributed by atoms with Crippen molar-refractivity contribution in [3.8, 4) is 5.75 Å². The smallest absolute Gasteiger partial charge is 0.262 e. The highest BCUT2D eigenvalue weighted by Crippen LogP contribution is 2.40. The number of benzene rings is 2. The van der Waals surface area contributed by atoms with Crippen LogP contribution in [0.25, 0.3) is 4.91 Å². The summed E-state index contributed by atoms with van der Waals surface area (Å²) >= 11 is 7.31. The largest absolute Gasteiger partial charge is 0.495 e. The molecule has 156 valence electrons. The van der Waals surface area contributed by atoms with Crippen molar-refractivity contribution in [1.29, 1.82) is 0 Å². The Bertz CT molecular complexity index is 915. The molecule has 0 atom stereocenters. The number of quaternary nitrogens is 1. The molecule has 2 aromatic carbocycles.